The van der Waals surface area contributed by atoms with Crippen LogP contribution >= 0.6 is 0 Å². The van der Waals surface area contributed by atoms with Gasteiger partial charge in [0, 0.05) is 16.8 Å². The van der Waals surface area contributed by atoms with Crippen LogP contribution in [0.5, 0.6) is 5.75 Å². The van der Waals surface area contributed by atoms with Gasteiger partial charge in [0.15, 0.2) is 0 Å². The fraction of sp³-hybridized carbons (Fsp3) is 0.294. The molecule has 4 nitrogen and oxygen atoms in total. The fourth-order valence-electron chi connectivity index (χ4n) is 2.99. The lowest BCUT2D eigenvalue weighted by Gasteiger charge is -2.13. The molecule has 0 saturated heterocycles. The summed E-state index contributed by atoms with van der Waals surface area (Å²) in [5.74, 6) is 0.720. The quantitative estimate of drug-likeness (QED) is 0.919. The average molecular weight is 280 g/mol. The van der Waals surface area contributed by atoms with E-state index in [4.69, 9.17) is 4.74 Å². The molecule has 1 aromatic heterocycles. The number of methoxy groups -OCH3 is 1. The van der Waals surface area contributed by atoms with E-state index < -0.39 is 0 Å². The highest BCUT2D eigenvalue weighted by molar-refractivity contribution is 5.77. The third-order valence-electron chi connectivity index (χ3n) is 3.98. The van der Waals surface area contributed by atoms with Gasteiger partial charge in [-0.15, -0.1) is 0 Å². The number of aromatic amines is 1. The zero-order valence-corrected chi connectivity index (χ0v) is 12.1. The van der Waals surface area contributed by atoms with Crippen LogP contribution in [-0.2, 0) is 12.8 Å². The summed E-state index contributed by atoms with van der Waals surface area (Å²) in [6.45, 7) is 1.81. The number of fused-ring (bicyclic) bond motifs is 1. The third kappa shape index (κ3) is 2.21. The zero-order chi connectivity index (χ0) is 15.0. The largest absolute Gasteiger partial charge is 0.496 e. The second-order valence-electron chi connectivity index (χ2n) is 5.36. The number of benzene rings is 1. The Bertz CT molecular complexity index is 813. The number of ether oxygens (including phenoxy) is 1. The maximum absolute atomic E-state index is 12.0. The molecule has 0 amide bonds. The van der Waals surface area contributed by atoms with Crippen LogP contribution in [0.25, 0.3) is 11.1 Å². The maximum Gasteiger partial charge on any atom is 0.266 e. The van der Waals surface area contributed by atoms with Crippen LogP contribution in [0.4, 0.5) is 0 Å². The van der Waals surface area contributed by atoms with Gasteiger partial charge in [-0.3, -0.25) is 4.79 Å². The molecule has 0 bridgehead atoms. The molecule has 1 aliphatic carbocycles. The third-order valence-corrected chi connectivity index (χ3v) is 3.98. The second kappa shape index (κ2) is 5.10. The molecule has 0 radical (unpaired) electrons. The predicted molar refractivity (Wildman–Crippen MR) is 80.5 cm³/mol. The highest BCUT2D eigenvalue weighted by atomic mass is 16.5. The van der Waals surface area contributed by atoms with Crippen molar-refractivity contribution in [1.82, 2.24) is 4.98 Å². The summed E-state index contributed by atoms with van der Waals surface area (Å²) in [6.07, 6.45) is 3.24. The Morgan fingerprint density at radius 3 is 2.57 bits per heavy atom. The average Bonchev–Trinajstić information content (AvgIpc) is 2.92. The van der Waals surface area contributed by atoms with Crippen molar-refractivity contribution in [3.63, 3.8) is 0 Å². The van der Waals surface area contributed by atoms with Crippen LogP contribution in [-0.4, -0.2) is 12.1 Å². The van der Waals surface area contributed by atoms with Crippen LogP contribution in [0.2, 0.25) is 0 Å². The Labute approximate surface area is 123 Å². The highest BCUT2D eigenvalue weighted by Crippen LogP contribution is 2.37. The molecule has 3 rings (SSSR count). The van der Waals surface area contributed by atoms with Crippen LogP contribution in [0.3, 0.4) is 0 Å². The normalized spacial score (nSPS) is 12.8. The van der Waals surface area contributed by atoms with Crippen molar-refractivity contribution in [3.05, 3.63) is 50.9 Å². The lowest BCUT2D eigenvalue weighted by Crippen LogP contribution is -2.13. The van der Waals surface area contributed by atoms with Gasteiger partial charge in [-0.05, 0) is 55.5 Å². The molecule has 1 heterocycles. The number of hydrogen-bond acceptors (Lipinski definition) is 3. The van der Waals surface area contributed by atoms with Crippen LogP contribution in [0.15, 0.2) is 23.0 Å². The number of aromatic nitrogens is 1. The summed E-state index contributed by atoms with van der Waals surface area (Å²) < 4.78 is 5.48. The van der Waals surface area contributed by atoms with Gasteiger partial charge in [0.1, 0.15) is 17.4 Å². The molecule has 4 heteroatoms. The molecule has 1 aromatic carbocycles. The number of nitrogens with one attached hydrogen (secondary N) is 1. The summed E-state index contributed by atoms with van der Waals surface area (Å²) in [7, 11) is 1.62. The van der Waals surface area contributed by atoms with Gasteiger partial charge in [0.05, 0.1) is 7.11 Å². The fourth-order valence-corrected chi connectivity index (χ4v) is 2.99. The van der Waals surface area contributed by atoms with Crippen molar-refractivity contribution in [3.8, 4) is 22.9 Å². The summed E-state index contributed by atoms with van der Waals surface area (Å²) in [5.41, 5.74) is 4.57. The van der Waals surface area contributed by atoms with Crippen molar-refractivity contribution in [2.75, 3.05) is 7.11 Å². The van der Waals surface area contributed by atoms with Crippen molar-refractivity contribution in [2.24, 2.45) is 0 Å². The van der Waals surface area contributed by atoms with Crippen molar-refractivity contribution >= 4 is 0 Å². The Morgan fingerprint density at radius 1 is 1.19 bits per heavy atom. The van der Waals surface area contributed by atoms with Gasteiger partial charge in [0.2, 0.25) is 0 Å². The van der Waals surface area contributed by atoms with Gasteiger partial charge >= 0.3 is 0 Å². The van der Waals surface area contributed by atoms with Gasteiger partial charge in [-0.25, -0.2) is 0 Å². The Balaban J connectivity index is 2.31. The van der Waals surface area contributed by atoms with Gasteiger partial charge in [0.25, 0.3) is 5.56 Å². The molecular formula is C17H16N2O2. The van der Waals surface area contributed by atoms with Crippen molar-refractivity contribution < 1.29 is 4.74 Å². The first-order valence-corrected chi connectivity index (χ1v) is 6.98. The van der Waals surface area contributed by atoms with Crippen LogP contribution in [0, 0.1) is 18.3 Å². The predicted octanol–water partition coefficient (Wildman–Crippen LogP) is 2.72. The van der Waals surface area contributed by atoms with Crippen molar-refractivity contribution in [1.29, 1.82) is 5.26 Å². The lowest BCUT2D eigenvalue weighted by molar-refractivity contribution is 0.416. The summed E-state index contributed by atoms with van der Waals surface area (Å²) in [6, 6.07) is 7.94. The highest BCUT2D eigenvalue weighted by Gasteiger charge is 2.19. The van der Waals surface area contributed by atoms with E-state index in [-0.39, 0.29) is 11.1 Å². The molecule has 0 spiro atoms. The smallest absolute Gasteiger partial charge is 0.266 e. The monoisotopic (exact) mass is 280 g/mol. The number of aryl methyl sites for hydroxylation is 3. The summed E-state index contributed by atoms with van der Waals surface area (Å²) in [4.78, 5) is 14.7. The minimum absolute atomic E-state index is 0.136. The molecule has 0 unspecified atom stereocenters. The summed E-state index contributed by atoms with van der Waals surface area (Å²) in [5, 5.41) is 9.30. The summed E-state index contributed by atoms with van der Waals surface area (Å²) >= 11 is 0. The zero-order valence-electron chi connectivity index (χ0n) is 12.1. The van der Waals surface area contributed by atoms with E-state index in [1.165, 1.54) is 11.1 Å². The number of rotatable bonds is 2. The first-order valence-electron chi connectivity index (χ1n) is 6.98. The van der Waals surface area contributed by atoms with E-state index in [0.717, 1.165) is 36.3 Å². The molecule has 0 fully saturated rings. The number of nitrogens with zero attached hydrogens (tertiary/aromatic N) is 1. The Hall–Kier alpha value is -2.54. The minimum atomic E-state index is -0.352. The van der Waals surface area contributed by atoms with Gasteiger partial charge < -0.3 is 9.72 Å². The van der Waals surface area contributed by atoms with E-state index in [2.05, 4.69) is 11.1 Å². The first-order chi connectivity index (χ1) is 10.1. The molecule has 1 aliphatic rings. The Kier molecular flexibility index (Phi) is 3.26. The molecule has 106 valence electrons. The SMILES string of the molecule is COc1cc2c(cc1-c1cc(C)[nH]c(=O)c1C#N)CCC2. The molecule has 0 saturated carbocycles. The standard InChI is InChI=1S/C17H16N2O2/c1-10-6-13(15(9-18)17(20)19-10)14-7-11-4-3-5-12(11)8-16(14)21-2/h6-8H,3-5H2,1-2H3,(H,19,20). The first kappa shape index (κ1) is 13.4. The molecule has 2 aromatic rings. The Morgan fingerprint density at radius 2 is 1.90 bits per heavy atom. The topological polar surface area (TPSA) is 65.9 Å². The maximum atomic E-state index is 12.0. The van der Waals surface area contributed by atoms with E-state index in [1.807, 2.05) is 25.1 Å². The van der Waals surface area contributed by atoms with Crippen LogP contribution < -0.4 is 10.3 Å². The lowest BCUT2D eigenvalue weighted by atomic mass is 9.96. The molecule has 21 heavy (non-hydrogen) atoms. The molecular weight excluding hydrogens is 264 g/mol. The minimum Gasteiger partial charge on any atom is -0.496 e. The van der Waals surface area contributed by atoms with Gasteiger partial charge in [-0.2, -0.15) is 5.26 Å². The van der Waals surface area contributed by atoms with E-state index in [9.17, 15) is 10.1 Å². The molecule has 0 atom stereocenters. The van der Waals surface area contributed by atoms with E-state index in [0.29, 0.717) is 5.56 Å². The van der Waals surface area contributed by atoms with Crippen LogP contribution in [0.1, 0.15) is 28.8 Å². The molecule has 0 aliphatic heterocycles. The van der Waals surface area contributed by atoms with Crippen molar-refractivity contribution in [2.45, 2.75) is 26.2 Å². The number of hydrogen-bond donors (Lipinski definition) is 1. The van der Waals surface area contributed by atoms with E-state index in [1.54, 1.807) is 7.11 Å². The number of nitriles is 1. The van der Waals surface area contributed by atoms with E-state index >= 15 is 0 Å². The number of pyridine rings is 1. The number of H-pyrrole nitrogens is 1. The molecule has 1 N–H and O–H groups in total. The van der Waals surface area contributed by atoms with Gasteiger partial charge in [-0.1, -0.05) is 0 Å². The second-order valence-corrected chi connectivity index (χ2v) is 5.36.